The summed E-state index contributed by atoms with van der Waals surface area (Å²) < 4.78 is 90.0. The number of hydrogen-bond donors (Lipinski definition) is 0. The average Bonchev–Trinajstić information content (AvgIpc) is 3.07. The van der Waals surface area contributed by atoms with Gasteiger partial charge in [0, 0.05) is 31.3 Å². The van der Waals surface area contributed by atoms with E-state index in [4.69, 9.17) is 9.47 Å². The number of halogens is 6. The number of anilines is 1. The number of aromatic nitrogens is 2. The largest absolute Gasteiger partial charge is 0.433 e. The SMILES string of the molecule is FC(F)(F)c1cc(C(F)(F)F)c2ccc(N3CCC4(CC3)OCCO4)nc2n1. The van der Waals surface area contributed by atoms with Gasteiger partial charge in [0.15, 0.2) is 11.4 Å². The maximum Gasteiger partial charge on any atom is 0.433 e. The highest BCUT2D eigenvalue weighted by atomic mass is 19.4. The van der Waals surface area contributed by atoms with E-state index in [9.17, 15) is 26.3 Å². The molecule has 0 aliphatic carbocycles. The number of rotatable bonds is 1. The third-order valence-corrected chi connectivity index (χ3v) is 4.92. The number of nitrogens with zero attached hydrogens (tertiary/aromatic N) is 3. The maximum absolute atomic E-state index is 13.2. The lowest BCUT2D eigenvalue weighted by atomic mass is 10.0. The highest BCUT2D eigenvalue weighted by molar-refractivity contribution is 5.81. The summed E-state index contributed by atoms with van der Waals surface area (Å²) in [5.74, 6) is -0.390. The van der Waals surface area contributed by atoms with E-state index in [1.54, 1.807) is 4.90 Å². The molecular weight excluding hydrogens is 392 g/mol. The van der Waals surface area contributed by atoms with Crippen molar-refractivity contribution in [3.63, 3.8) is 0 Å². The van der Waals surface area contributed by atoms with Gasteiger partial charge in [-0.2, -0.15) is 26.3 Å². The summed E-state index contributed by atoms with van der Waals surface area (Å²) in [5.41, 5.74) is -3.62. The Morgan fingerprint density at radius 2 is 1.54 bits per heavy atom. The first-order chi connectivity index (χ1) is 13.1. The van der Waals surface area contributed by atoms with E-state index in [1.807, 2.05) is 0 Å². The maximum atomic E-state index is 13.2. The standard InChI is InChI=1S/C17H15F6N3O2/c18-16(19,20)11-9-12(17(21,22)23)24-14-10(11)1-2-13(25-14)26-5-3-15(4-6-26)27-7-8-28-15/h1-2,9H,3-8H2. The van der Waals surface area contributed by atoms with Crippen molar-refractivity contribution < 1.29 is 35.8 Å². The number of hydrogen-bond acceptors (Lipinski definition) is 5. The van der Waals surface area contributed by atoms with Crippen LogP contribution in [0.5, 0.6) is 0 Å². The third kappa shape index (κ3) is 3.48. The Hall–Kier alpha value is -2.14. The molecule has 2 fully saturated rings. The molecule has 0 saturated carbocycles. The van der Waals surface area contributed by atoms with Crippen LogP contribution in [0, 0.1) is 0 Å². The van der Waals surface area contributed by atoms with Crippen LogP contribution in [0.4, 0.5) is 32.2 Å². The zero-order valence-corrected chi connectivity index (χ0v) is 14.4. The van der Waals surface area contributed by atoms with Crippen LogP contribution in [0.3, 0.4) is 0 Å². The van der Waals surface area contributed by atoms with E-state index in [0.29, 0.717) is 39.1 Å². The Kier molecular flexibility index (Phi) is 4.42. The summed E-state index contributed by atoms with van der Waals surface area (Å²) in [7, 11) is 0. The van der Waals surface area contributed by atoms with Crippen molar-refractivity contribution in [2.24, 2.45) is 0 Å². The Morgan fingerprint density at radius 1 is 0.893 bits per heavy atom. The van der Waals surface area contributed by atoms with E-state index in [-0.39, 0.29) is 11.9 Å². The number of piperidine rings is 1. The lowest BCUT2D eigenvalue weighted by Gasteiger charge is -2.38. The van der Waals surface area contributed by atoms with Crippen molar-refractivity contribution in [2.75, 3.05) is 31.2 Å². The molecule has 5 nitrogen and oxygen atoms in total. The summed E-state index contributed by atoms with van der Waals surface area (Å²) in [6.45, 7) is 1.89. The van der Waals surface area contributed by atoms with E-state index in [2.05, 4.69) is 9.97 Å². The Bertz CT molecular complexity index is 883. The zero-order valence-electron chi connectivity index (χ0n) is 14.4. The number of fused-ring (bicyclic) bond motifs is 1. The van der Waals surface area contributed by atoms with Gasteiger partial charge in [-0.25, -0.2) is 9.97 Å². The molecule has 2 aliphatic rings. The van der Waals surface area contributed by atoms with Crippen molar-refractivity contribution in [1.29, 1.82) is 0 Å². The predicted molar refractivity (Wildman–Crippen MR) is 85.6 cm³/mol. The molecule has 0 radical (unpaired) electrons. The van der Waals surface area contributed by atoms with Crippen molar-refractivity contribution in [1.82, 2.24) is 9.97 Å². The van der Waals surface area contributed by atoms with E-state index < -0.39 is 40.4 Å². The lowest BCUT2D eigenvalue weighted by molar-refractivity contribution is -0.169. The fourth-order valence-corrected chi connectivity index (χ4v) is 3.51. The van der Waals surface area contributed by atoms with Crippen LogP contribution >= 0.6 is 0 Å². The second-order valence-electron chi connectivity index (χ2n) is 6.69. The topological polar surface area (TPSA) is 47.5 Å². The predicted octanol–water partition coefficient (Wildman–Crippen LogP) is 4.01. The highest BCUT2D eigenvalue weighted by Crippen LogP contribution is 2.39. The van der Waals surface area contributed by atoms with Gasteiger partial charge in [0.05, 0.1) is 18.8 Å². The molecule has 2 saturated heterocycles. The first kappa shape index (κ1) is 19.2. The fourth-order valence-electron chi connectivity index (χ4n) is 3.51. The molecule has 0 atom stereocenters. The van der Waals surface area contributed by atoms with E-state index in [1.165, 1.54) is 6.07 Å². The summed E-state index contributed by atoms with van der Waals surface area (Å²) >= 11 is 0. The van der Waals surface area contributed by atoms with Crippen molar-refractivity contribution in [2.45, 2.75) is 31.0 Å². The summed E-state index contributed by atoms with van der Waals surface area (Å²) in [4.78, 5) is 9.10. The van der Waals surface area contributed by atoms with Gasteiger partial charge >= 0.3 is 12.4 Å². The van der Waals surface area contributed by atoms with Gasteiger partial charge in [0.1, 0.15) is 11.5 Å². The van der Waals surface area contributed by atoms with Gasteiger partial charge in [-0.3, -0.25) is 0 Å². The van der Waals surface area contributed by atoms with Gasteiger partial charge in [0.25, 0.3) is 0 Å². The minimum Gasteiger partial charge on any atom is -0.356 e. The molecule has 152 valence electrons. The molecule has 0 aromatic carbocycles. The summed E-state index contributed by atoms with van der Waals surface area (Å²) in [5, 5.41) is -0.472. The molecule has 0 N–H and O–H groups in total. The molecule has 1 spiro atoms. The van der Waals surface area contributed by atoms with Gasteiger partial charge in [-0.15, -0.1) is 0 Å². The molecule has 0 bridgehead atoms. The Morgan fingerprint density at radius 3 is 2.11 bits per heavy atom. The molecule has 4 rings (SSSR count). The lowest BCUT2D eigenvalue weighted by Crippen LogP contribution is -2.45. The molecular formula is C17H15F6N3O2. The molecule has 11 heteroatoms. The smallest absolute Gasteiger partial charge is 0.356 e. The van der Waals surface area contributed by atoms with Crippen LogP contribution in [0.15, 0.2) is 18.2 Å². The molecule has 2 aliphatic heterocycles. The second-order valence-corrected chi connectivity index (χ2v) is 6.69. The summed E-state index contributed by atoms with van der Waals surface area (Å²) in [6, 6.07) is 2.49. The fraction of sp³-hybridized carbons (Fsp3) is 0.529. The van der Waals surface area contributed by atoms with Crippen molar-refractivity contribution in [3.8, 4) is 0 Å². The van der Waals surface area contributed by atoms with Crippen LogP contribution in [0.1, 0.15) is 24.1 Å². The van der Waals surface area contributed by atoms with Crippen LogP contribution in [-0.2, 0) is 21.8 Å². The molecule has 2 aromatic rings. The number of ether oxygens (including phenoxy) is 2. The summed E-state index contributed by atoms with van der Waals surface area (Å²) in [6.07, 6.45) is -8.92. The molecule has 2 aromatic heterocycles. The van der Waals surface area contributed by atoms with Gasteiger partial charge in [0.2, 0.25) is 0 Å². The van der Waals surface area contributed by atoms with Crippen LogP contribution in [-0.4, -0.2) is 42.1 Å². The number of alkyl halides is 6. The molecule has 28 heavy (non-hydrogen) atoms. The van der Waals surface area contributed by atoms with Crippen LogP contribution in [0.2, 0.25) is 0 Å². The Balaban J connectivity index is 1.70. The molecule has 0 amide bonds. The minimum atomic E-state index is -5.01. The van der Waals surface area contributed by atoms with E-state index >= 15 is 0 Å². The average molecular weight is 407 g/mol. The molecule has 4 heterocycles. The minimum absolute atomic E-state index is 0.0170. The molecule has 0 unspecified atom stereocenters. The Labute approximate surface area is 155 Å². The van der Waals surface area contributed by atoms with Gasteiger partial charge in [-0.05, 0) is 18.2 Å². The number of pyridine rings is 2. The van der Waals surface area contributed by atoms with Crippen molar-refractivity contribution >= 4 is 16.9 Å². The quantitative estimate of drug-likeness (QED) is 0.669. The van der Waals surface area contributed by atoms with Crippen LogP contribution < -0.4 is 4.90 Å². The van der Waals surface area contributed by atoms with Crippen molar-refractivity contribution in [3.05, 3.63) is 29.5 Å². The van der Waals surface area contributed by atoms with Gasteiger partial charge < -0.3 is 14.4 Å². The third-order valence-electron chi connectivity index (χ3n) is 4.92. The van der Waals surface area contributed by atoms with Gasteiger partial charge in [-0.1, -0.05) is 0 Å². The zero-order chi connectivity index (χ0) is 20.2. The monoisotopic (exact) mass is 407 g/mol. The second kappa shape index (κ2) is 6.45. The van der Waals surface area contributed by atoms with E-state index in [0.717, 1.165) is 6.07 Å². The first-order valence-electron chi connectivity index (χ1n) is 8.57. The van der Waals surface area contributed by atoms with Crippen LogP contribution in [0.25, 0.3) is 11.0 Å². The highest BCUT2D eigenvalue weighted by Gasteiger charge is 2.41. The first-order valence-corrected chi connectivity index (χ1v) is 8.57. The normalized spacial score (nSPS) is 20.3.